The van der Waals surface area contributed by atoms with E-state index in [1.807, 2.05) is 0 Å². The summed E-state index contributed by atoms with van der Waals surface area (Å²) in [6.45, 7) is 0. The normalized spacial score (nSPS) is 21.8. The Kier molecular flexibility index (Phi) is 8.53. The van der Waals surface area contributed by atoms with E-state index in [1.54, 1.807) is 48.5 Å². The summed E-state index contributed by atoms with van der Waals surface area (Å²) < 4.78 is 32.9. The molecule has 4 rings (SSSR count). The smallest absolute Gasteiger partial charge is 0.290 e. The molecule has 0 aromatic heterocycles. The van der Waals surface area contributed by atoms with Gasteiger partial charge in [0.05, 0.1) is 5.92 Å². The van der Waals surface area contributed by atoms with Crippen LogP contribution in [0.2, 0.25) is 0 Å². The van der Waals surface area contributed by atoms with Crippen molar-refractivity contribution in [2.45, 2.75) is 43.3 Å². The molecule has 2 atom stereocenters. The van der Waals surface area contributed by atoms with Gasteiger partial charge in [0.25, 0.3) is 21.9 Å². The Labute approximate surface area is 208 Å². The Morgan fingerprint density at radius 1 is 0.889 bits per heavy atom. The van der Waals surface area contributed by atoms with E-state index in [4.69, 9.17) is 5.21 Å². The number of Topliss-reactive ketones (excluding diaryl/α,β-unsaturated/α-hetero) is 2. The number of amides is 2. The number of carbonyl (C=O) groups is 4. The van der Waals surface area contributed by atoms with E-state index in [9.17, 15) is 32.1 Å². The van der Waals surface area contributed by atoms with E-state index in [0.717, 1.165) is 0 Å². The first-order valence-corrected chi connectivity index (χ1v) is 12.7. The predicted molar refractivity (Wildman–Crippen MR) is 128 cm³/mol. The van der Waals surface area contributed by atoms with Crippen molar-refractivity contribution in [3.8, 4) is 11.8 Å². The minimum Gasteiger partial charge on any atom is -0.294 e. The van der Waals surface area contributed by atoms with Crippen molar-refractivity contribution in [3.63, 3.8) is 0 Å². The molecular formula is C26H25NO8S. The lowest BCUT2D eigenvalue weighted by molar-refractivity contribution is -0.171. The van der Waals surface area contributed by atoms with Gasteiger partial charge in [-0.15, -0.1) is 5.92 Å². The molecule has 9 nitrogen and oxygen atoms in total. The molecule has 0 spiro atoms. The van der Waals surface area contributed by atoms with Crippen LogP contribution in [-0.4, -0.2) is 51.4 Å². The Morgan fingerprint density at radius 3 is 1.89 bits per heavy atom. The highest BCUT2D eigenvalue weighted by Crippen LogP contribution is 2.37. The number of nitrogens with zero attached hydrogens (tertiary/aromatic N) is 1. The number of benzene rings is 2. The van der Waals surface area contributed by atoms with E-state index in [2.05, 4.69) is 11.8 Å². The van der Waals surface area contributed by atoms with Crippen molar-refractivity contribution >= 4 is 33.5 Å². The van der Waals surface area contributed by atoms with E-state index in [-0.39, 0.29) is 35.5 Å². The van der Waals surface area contributed by atoms with Crippen LogP contribution < -0.4 is 0 Å². The molecule has 1 saturated heterocycles. The van der Waals surface area contributed by atoms with Gasteiger partial charge in [0.1, 0.15) is 0 Å². The molecule has 0 bridgehead atoms. The summed E-state index contributed by atoms with van der Waals surface area (Å²) in [6, 6.07) is 16.0. The second kappa shape index (κ2) is 11.4. The van der Waals surface area contributed by atoms with Crippen molar-refractivity contribution in [1.29, 1.82) is 0 Å². The maximum absolute atomic E-state index is 13.4. The van der Waals surface area contributed by atoms with Crippen molar-refractivity contribution in [3.05, 3.63) is 71.8 Å². The maximum Gasteiger partial charge on any atom is 0.290 e. The summed E-state index contributed by atoms with van der Waals surface area (Å²) in [4.78, 5) is 47.1. The molecule has 188 valence electrons. The van der Waals surface area contributed by atoms with Gasteiger partial charge in [-0.2, -0.15) is 13.5 Å². The van der Waals surface area contributed by atoms with Gasteiger partial charge in [0.15, 0.2) is 11.6 Å². The summed E-state index contributed by atoms with van der Waals surface area (Å²) in [6.07, 6.45) is 2.04. The third-order valence-electron chi connectivity index (χ3n) is 5.99. The summed E-state index contributed by atoms with van der Waals surface area (Å²) in [5.41, 5.74) is 0.365. The largest absolute Gasteiger partial charge is 0.294 e. The minimum atomic E-state index is -5.02. The first-order chi connectivity index (χ1) is 17.1. The number of rotatable bonds is 5. The second-order valence-electron chi connectivity index (χ2n) is 8.34. The Bertz CT molecular complexity index is 1300. The first-order valence-electron chi connectivity index (χ1n) is 11.3. The van der Waals surface area contributed by atoms with E-state index < -0.39 is 44.2 Å². The lowest BCUT2D eigenvalue weighted by Crippen LogP contribution is -2.54. The highest BCUT2D eigenvalue weighted by molar-refractivity contribution is 7.88. The fourth-order valence-electron chi connectivity index (χ4n) is 4.11. The van der Waals surface area contributed by atoms with Gasteiger partial charge in [-0.1, -0.05) is 73.0 Å². The number of hydrogen-bond donors (Lipinski definition) is 2. The van der Waals surface area contributed by atoms with Crippen LogP contribution >= 0.6 is 0 Å². The van der Waals surface area contributed by atoms with Gasteiger partial charge in [0, 0.05) is 30.4 Å². The van der Waals surface area contributed by atoms with Crippen LogP contribution in [0.15, 0.2) is 60.7 Å². The zero-order valence-electron chi connectivity index (χ0n) is 19.3. The molecule has 1 aliphatic heterocycles. The fraction of sp³-hybridized carbons (Fsp3) is 0.308. The lowest BCUT2D eigenvalue weighted by atomic mass is 9.76. The molecule has 2 amide bonds. The van der Waals surface area contributed by atoms with Crippen LogP contribution in [0.5, 0.6) is 0 Å². The Morgan fingerprint density at radius 2 is 1.42 bits per heavy atom. The van der Waals surface area contributed by atoms with Gasteiger partial charge < -0.3 is 0 Å². The average Bonchev–Trinajstić information content (AvgIpc) is 3.15. The van der Waals surface area contributed by atoms with Gasteiger partial charge in [-0.25, -0.2) is 0 Å². The number of ketones is 2. The highest BCUT2D eigenvalue weighted by Gasteiger charge is 2.57. The molecule has 2 unspecified atom stereocenters. The van der Waals surface area contributed by atoms with Crippen LogP contribution in [0.25, 0.3) is 0 Å². The quantitative estimate of drug-likeness (QED) is 0.205. The fourth-order valence-corrected chi connectivity index (χ4v) is 5.25. The standard InChI is InChI=1S/C22H20O5S.C4H5NO3/c23-20(17-11-5-3-6-12-17)19-15-9-1-2-10-16-22(19,28(25,26)27)21(24)18-13-7-4-8-14-18;6-3-1-2-4(7)5(3)8/h3-8,11-14,19H,1-2,9,15H2,(H,25,26,27);8H,1-2H2. The zero-order valence-corrected chi connectivity index (χ0v) is 20.1. The molecule has 1 aliphatic carbocycles. The summed E-state index contributed by atoms with van der Waals surface area (Å²) in [5.74, 6) is 1.52. The number of hydroxylamine groups is 2. The number of carbonyl (C=O) groups excluding carboxylic acids is 4. The average molecular weight is 512 g/mol. The molecule has 2 N–H and O–H groups in total. The molecule has 2 aliphatic rings. The van der Waals surface area contributed by atoms with E-state index >= 15 is 0 Å². The topological polar surface area (TPSA) is 146 Å². The third kappa shape index (κ3) is 5.60. The minimum absolute atomic E-state index is 0.0841. The molecule has 0 saturated carbocycles. The van der Waals surface area contributed by atoms with Gasteiger partial charge in [0.2, 0.25) is 4.75 Å². The van der Waals surface area contributed by atoms with Crippen molar-refractivity contribution in [2.75, 3.05) is 0 Å². The van der Waals surface area contributed by atoms with Gasteiger partial charge in [-0.05, 0) is 12.8 Å². The third-order valence-corrected chi connectivity index (χ3v) is 7.38. The molecule has 2 aromatic carbocycles. The Hall–Kier alpha value is -3.65. The molecule has 2 aromatic rings. The van der Waals surface area contributed by atoms with Gasteiger partial charge in [-0.3, -0.25) is 28.9 Å². The number of imide groups is 1. The Balaban J connectivity index is 0.000000383. The van der Waals surface area contributed by atoms with Crippen LogP contribution in [-0.2, 0) is 19.7 Å². The molecule has 0 radical (unpaired) electrons. The van der Waals surface area contributed by atoms with Crippen LogP contribution in [0.1, 0.15) is 59.2 Å². The zero-order chi connectivity index (χ0) is 26.3. The summed E-state index contributed by atoms with van der Waals surface area (Å²) in [7, 11) is -5.02. The summed E-state index contributed by atoms with van der Waals surface area (Å²) in [5, 5.41) is 8.57. The molecule has 36 heavy (non-hydrogen) atoms. The van der Waals surface area contributed by atoms with E-state index in [0.29, 0.717) is 19.3 Å². The first kappa shape index (κ1) is 26.9. The molecule has 1 heterocycles. The highest BCUT2D eigenvalue weighted by atomic mass is 32.2. The molecule has 10 heteroatoms. The predicted octanol–water partition coefficient (Wildman–Crippen LogP) is 3.10. The van der Waals surface area contributed by atoms with Gasteiger partial charge >= 0.3 is 0 Å². The maximum atomic E-state index is 13.4. The molecular weight excluding hydrogens is 486 g/mol. The van der Waals surface area contributed by atoms with Crippen molar-refractivity contribution < 1.29 is 37.4 Å². The van der Waals surface area contributed by atoms with E-state index in [1.165, 1.54) is 12.1 Å². The monoisotopic (exact) mass is 511 g/mol. The summed E-state index contributed by atoms with van der Waals surface area (Å²) >= 11 is 0. The SMILES string of the molecule is O=C(c1ccccc1)C1CCCCC#CC1(C(=O)c1ccccc1)S(=O)(=O)O.O=C1CCC(=O)N1O. The number of hydrogen-bond acceptors (Lipinski definition) is 7. The van der Waals surface area contributed by atoms with Crippen LogP contribution in [0, 0.1) is 17.8 Å². The van der Waals surface area contributed by atoms with Crippen LogP contribution in [0.3, 0.4) is 0 Å². The molecule has 1 fully saturated rings. The second-order valence-corrected chi connectivity index (χ2v) is 9.93. The van der Waals surface area contributed by atoms with Crippen molar-refractivity contribution in [2.24, 2.45) is 5.92 Å². The lowest BCUT2D eigenvalue weighted by Gasteiger charge is -2.32. The van der Waals surface area contributed by atoms with Crippen molar-refractivity contribution in [1.82, 2.24) is 5.06 Å². The van der Waals surface area contributed by atoms with Crippen LogP contribution in [0.4, 0.5) is 0 Å².